The fourth-order valence-corrected chi connectivity index (χ4v) is 5.43. The molecule has 0 radical (unpaired) electrons. The highest BCUT2D eigenvalue weighted by Gasteiger charge is 2.37. The maximum absolute atomic E-state index is 13.0. The molecular weight excluding hydrogens is 390 g/mol. The standard InChI is InChI=1S/C24H33N5O2/c30-24(22-5-4-20(31-22)17-28-12-2-1-3-13-28)29-14-8-19(9-15-29)23-21(16-26-27-23)18-6-10-25-11-7-18/h4-7,10-11,19,21,23,26-27H,1-3,8-9,12-17H2. The first kappa shape index (κ1) is 20.7. The van der Waals surface area contributed by atoms with Gasteiger partial charge in [0.15, 0.2) is 5.76 Å². The fraction of sp³-hybridized carbons (Fsp3) is 0.583. The molecule has 2 N–H and O–H groups in total. The van der Waals surface area contributed by atoms with Crippen LogP contribution in [0.1, 0.15) is 59.9 Å². The predicted octanol–water partition coefficient (Wildman–Crippen LogP) is 2.77. The molecule has 3 aliphatic heterocycles. The molecule has 3 fully saturated rings. The lowest BCUT2D eigenvalue weighted by molar-refractivity contribution is 0.0634. The van der Waals surface area contributed by atoms with Crippen molar-refractivity contribution in [3.63, 3.8) is 0 Å². The third-order valence-electron chi connectivity index (χ3n) is 7.19. The Balaban J connectivity index is 1.16. The Bertz CT molecular complexity index is 856. The van der Waals surface area contributed by atoms with Crippen LogP contribution in [0, 0.1) is 5.92 Å². The fourth-order valence-electron chi connectivity index (χ4n) is 5.43. The molecule has 2 unspecified atom stereocenters. The second-order valence-corrected chi connectivity index (χ2v) is 9.17. The van der Waals surface area contributed by atoms with Crippen LogP contribution < -0.4 is 10.9 Å². The molecule has 0 aliphatic carbocycles. The number of hydrogen-bond donors (Lipinski definition) is 2. The average molecular weight is 424 g/mol. The second-order valence-electron chi connectivity index (χ2n) is 9.17. The summed E-state index contributed by atoms with van der Waals surface area (Å²) in [6.07, 6.45) is 9.60. The van der Waals surface area contributed by atoms with Crippen molar-refractivity contribution in [1.82, 2.24) is 25.6 Å². The maximum Gasteiger partial charge on any atom is 0.289 e. The third-order valence-corrected chi connectivity index (χ3v) is 7.19. The Labute approximate surface area is 184 Å². The number of carbonyl (C=O) groups excluding carboxylic acids is 1. The topological polar surface area (TPSA) is 73.6 Å². The maximum atomic E-state index is 13.0. The number of aromatic nitrogens is 1. The number of amides is 1. The summed E-state index contributed by atoms with van der Waals surface area (Å²) in [5.41, 5.74) is 8.17. The number of carbonyl (C=O) groups is 1. The zero-order chi connectivity index (χ0) is 21.0. The van der Waals surface area contributed by atoms with Gasteiger partial charge >= 0.3 is 0 Å². The van der Waals surface area contributed by atoms with Crippen LogP contribution >= 0.6 is 0 Å². The third kappa shape index (κ3) is 4.68. The molecule has 5 rings (SSSR count). The Hall–Kier alpha value is -2.22. The van der Waals surface area contributed by atoms with E-state index >= 15 is 0 Å². The summed E-state index contributed by atoms with van der Waals surface area (Å²) in [6, 6.07) is 8.45. The molecule has 0 aromatic carbocycles. The van der Waals surface area contributed by atoms with E-state index in [-0.39, 0.29) is 5.91 Å². The van der Waals surface area contributed by atoms with Gasteiger partial charge in [-0.05, 0) is 74.5 Å². The van der Waals surface area contributed by atoms with Gasteiger partial charge in [-0.3, -0.25) is 25.5 Å². The van der Waals surface area contributed by atoms with Crippen molar-refractivity contribution < 1.29 is 9.21 Å². The molecule has 2 aromatic rings. The molecular formula is C24H33N5O2. The van der Waals surface area contributed by atoms with E-state index in [0.717, 1.165) is 57.9 Å². The highest BCUT2D eigenvalue weighted by Crippen LogP contribution is 2.32. The van der Waals surface area contributed by atoms with Gasteiger partial charge in [-0.1, -0.05) is 6.42 Å². The van der Waals surface area contributed by atoms with Gasteiger partial charge < -0.3 is 9.32 Å². The number of pyridine rings is 1. The van der Waals surface area contributed by atoms with Gasteiger partial charge in [0.2, 0.25) is 0 Å². The Morgan fingerprint density at radius 2 is 1.81 bits per heavy atom. The van der Waals surface area contributed by atoms with E-state index in [1.54, 1.807) is 0 Å². The Morgan fingerprint density at radius 3 is 2.58 bits per heavy atom. The lowest BCUT2D eigenvalue weighted by Crippen LogP contribution is -2.45. The first-order valence-corrected chi connectivity index (χ1v) is 11.8. The Morgan fingerprint density at radius 1 is 1.03 bits per heavy atom. The summed E-state index contributed by atoms with van der Waals surface area (Å²) in [6.45, 7) is 5.57. The molecule has 166 valence electrons. The van der Waals surface area contributed by atoms with E-state index in [4.69, 9.17) is 4.42 Å². The number of furan rings is 1. The molecule has 0 saturated carbocycles. The first-order chi connectivity index (χ1) is 15.3. The molecule has 31 heavy (non-hydrogen) atoms. The van der Waals surface area contributed by atoms with Gasteiger partial charge in [0.05, 0.1) is 6.54 Å². The van der Waals surface area contributed by atoms with Crippen molar-refractivity contribution in [2.45, 2.75) is 50.6 Å². The van der Waals surface area contributed by atoms with Crippen LogP contribution in [-0.2, 0) is 6.54 Å². The van der Waals surface area contributed by atoms with Crippen molar-refractivity contribution in [3.05, 3.63) is 53.7 Å². The monoisotopic (exact) mass is 423 g/mol. The van der Waals surface area contributed by atoms with E-state index in [2.05, 4.69) is 32.9 Å². The van der Waals surface area contributed by atoms with E-state index in [1.807, 2.05) is 29.4 Å². The van der Waals surface area contributed by atoms with Gasteiger partial charge in [0, 0.05) is 44.0 Å². The average Bonchev–Trinajstić information content (AvgIpc) is 3.50. The van der Waals surface area contributed by atoms with Gasteiger partial charge in [-0.2, -0.15) is 0 Å². The van der Waals surface area contributed by atoms with Gasteiger partial charge in [-0.25, -0.2) is 0 Å². The van der Waals surface area contributed by atoms with Gasteiger partial charge in [0.25, 0.3) is 5.91 Å². The minimum absolute atomic E-state index is 0.0338. The van der Waals surface area contributed by atoms with E-state index in [9.17, 15) is 4.79 Å². The highest BCUT2D eigenvalue weighted by atomic mass is 16.4. The molecule has 0 bridgehead atoms. The summed E-state index contributed by atoms with van der Waals surface area (Å²) in [4.78, 5) is 21.5. The summed E-state index contributed by atoms with van der Waals surface area (Å²) in [7, 11) is 0. The number of hydrogen-bond acceptors (Lipinski definition) is 6. The van der Waals surface area contributed by atoms with Crippen LogP contribution in [0.15, 0.2) is 41.1 Å². The molecule has 0 spiro atoms. The zero-order valence-electron chi connectivity index (χ0n) is 18.1. The summed E-state index contributed by atoms with van der Waals surface area (Å²) in [5.74, 6) is 2.41. The normalized spacial score (nSPS) is 25.7. The van der Waals surface area contributed by atoms with Gasteiger partial charge in [0.1, 0.15) is 5.76 Å². The van der Waals surface area contributed by atoms with E-state index in [1.165, 1.54) is 24.8 Å². The quantitative estimate of drug-likeness (QED) is 0.771. The van der Waals surface area contributed by atoms with Crippen LogP contribution in [0.3, 0.4) is 0 Å². The summed E-state index contributed by atoms with van der Waals surface area (Å²) < 4.78 is 5.94. The predicted molar refractivity (Wildman–Crippen MR) is 118 cm³/mol. The minimum atomic E-state index is 0.0338. The molecule has 7 heteroatoms. The van der Waals surface area contributed by atoms with E-state index in [0.29, 0.717) is 23.6 Å². The number of hydrazine groups is 1. The first-order valence-electron chi connectivity index (χ1n) is 11.8. The zero-order valence-corrected chi connectivity index (χ0v) is 18.1. The van der Waals surface area contributed by atoms with Crippen LogP contribution in [0.25, 0.3) is 0 Å². The number of nitrogens with zero attached hydrogens (tertiary/aromatic N) is 3. The van der Waals surface area contributed by atoms with Crippen molar-refractivity contribution in [2.24, 2.45) is 5.92 Å². The van der Waals surface area contributed by atoms with Crippen molar-refractivity contribution in [2.75, 3.05) is 32.7 Å². The molecule has 2 aromatic heterocycles. The van der Waals surface area contributed by atoms with Crippen LogP contribution in [-0.4, -0.2) is 59.5 Å². The lowest BCUT2D eigenvalue weighted by atomic mass is 9.80. The molecule has 2 atom stereocenters. The number of likely N-dealkylation sites (tertiary alicyclic amines) is 2. The van der Waals surface area contributed by atoms with Crippen molar-refractivity contribution >= 4 is 5.91 Å². The SMILES string of the molecule is O=C(c1ccc(CN2CCCCC2)o1)N1CCC(C2NNCC2c2ccncc2)CC1. The second kappa shape index (κ2) is 9.51. The summed E-state index contributed by atoms with van der Waals surface area (Å²) in [5, 5.41) is 0. The highest BCUT2D eigenvalue weighted by molar-refractivity contribution is 5.91. The number of piperidine rings is 2. The molecule has 5 heterocycles. The smallest absolute Gasteiger partial charge is 0.289 e. The van der Waals surface area contributed by atoms with Gasteiger partial charge in [-0.15, -0.1) is 0 Å². The molecule has 7 nitrogen and oxygen atoms in total. The number of rotatable bonds is 5. The summed E-state index contributed by atoms with van der Waals surface area (Å²) >= 11 is 0. The lowest BCUT2D eigenvalue weighted by Gasteiger charge is -2.36. The van der Waals surface area contributed by atoms with E-state index < -0.39 is 0 Å². The van der Waals surface area contributed by atoms with Crippen LogP contribution in [0.2, 0.25) is 0 Å². The van der Waals surface area contributed by atoms with Crippen molar-refractivity contribution in [1.29, 1.82) is 0 Å². The molecule has 3 aliphatic rings. The van der Waals surface area contributed by atoms with Crippen molar-refractivity contribution in [3.8, 4) is 0 Å². The molecule has 1 amide bonds. The van der Waals surface area contributed by atoms with Crippen LogP contribution in [0.5, 0.6) is 0 Å². The minimum Gasteiger partial charge on any atom is -0.455 e. The van der Waals surface area contributed by atoms with Crippen LogP contribution in [0.4, 0.5) is 0 Å². The Kier molecular flexibility index (Phi) is 6.34. The molecule has 3 saturated heterocycles. The largest absolute Gasteiger partial charge is 0.455 e. The number of nitrogens with one attached hydrogen (secondary N) is 2.